The van der Waals surface area contributed by atoms with E-state index in [-0.39, 0.29) is 0 Å². The lowest BCUT2D eigenvalue weighted by Crippen LogP contribution is -2.31. The molecule has 1 aliphatic carbocycles. The van der Waals surface area contributed by atoms with Gasteiger partial charge in [0.15, 0.2) is 0 Å². The van der Waals surface area contributed by atoms with E-state index in [2.05, 4.69) is 12.2 Å². The highest BCUT2D eigenvalue weighted by Crippen LogP contribution is 2.51. The van der Waals surface area contributed by atoms with E-state index >= 15 is 0 Å². The molecular weight excluding hydrogens is 168 g/mol. The molecule has 0 aromatic carbocycles. The number of hydrogen-bond donors (Lipinski definition) is 2. The normalized spacial score (nSPS) is 36.1. The van der Waals surface area contributed by atoms with Gasteiger partial charge in [0.1, 0.15) is 0 Å². The molecule has 13 heavy (non-hydrogen) atoms. The minimum absolute atomic E-state index is 0.648. The van der Waals surface area contributed by atoms with E-state index in [1.54, 1.807) is 0 Å². The summed E-state index contributed by atoms with van der Waals surface area (Å²) >= 11 is 0. The number of hydrogen-bond acceptors (Lipinski definition) is 2. The van der Waals surface area contributed by atoms with Gasteiger partial charge in [-0.15, -0.1) is 0 Å². The molecule has 1 saturated heterocycles. The van der Waals surface area contributed by atoms with Gasteiger partial charge in [-0.25, -0.2) is 4.79 Å². The fraction of sp³-hybridized carbons (Fsp3) is 0.889. The molecule has 4 heteroatoms. The van der Waals surface area contributed by atoms with E-state index in [0.717, 1.165) is 32.1 Å². The van der Waals surface area contributed by atoms with Crippen molar-refractivity contribution in [3.05, 3.63) is 0 Å². The Morgan fingerprint density at radius 2 is 2.15 bits per heavy atom. The Kier molecular flexibility index (Phi) is 2.15. The predicted octanol–water partition coefficient (Wildman–Crippen LogP) is 0.452. The first kappa shape index (κ1) is 8.81. The van der Waals surface area contributed by atoms with Crippen LogP contribution in [0, 0.1) is 17.8 Å². The number of fused-ring (bicyclic) bond motifs is 1. The van der Waals surface area contributed by atoms with Crippen LogP contribution in [0.4, 0.5) is 4.79 Å². The minimum Gasteiger partial charge on any atom is -0.465 e. The fourth-order valence-corrected chi connectivity index (χ4v) is 2.42. The zero-order valence-electron chi connectivity index (χ0n) is 7.86. The Balaban J connectivity index is 1.74. The highest BCUT2D eigenvalue weighted by molar-refractivity contribution is 5.65. The zero-order chi connectivity index (χ0) is 9.42. The van der Waals surface area contributed by atoms with Gasteiger partial charge in [-0.3, -0.25) is 0 Å². The molecule has 0 bridgehead atoms. The average molecular weight is 184 g/mol. The molecule has 74 valence electrons. The molecule has 2 aliphatic rings. The molecule has 1 amide bonds. The third kappa shape index (κ3) is 1.50. The van der Waals surface area contributed by atoms with Gasteiger partial charge in [0, 0.05) is 13.1 Å². The number of rotatable bonds is 3. The molecule has 2 rings (SSSR count). The van der Waals surface area contributed by atoms with Crippen LogP contribution in [0.25, 0.3) is 0 Å². The van der Waals surface area contributed by atoms with Crippen molar-refractivity contribution in [3.8, 4) is 0 Å². The second kappa shape index (κ2) is 3.18. The van der Waals surface area contributed by atoms with Crippen LogP contribution in [0.3, 0.4) is 0 Å². The first-order chi connectivity index (χ1) is 6.24. The maximum atomic E-state index is 10.6. The van der Waals surface area contributed by atoms with Crippen LogP contribution in [0.2, 0.25) is 0 Å². The number of carbonyl (C=O) groups is 1. The molecule has 3 atom stereocenters. The Bertz CT molecular complexity index is 208. The number of nitrogens with one attached hydrogen (secondary N) is 1. The molecule has 1 saturated carbocycles. The topological polar surface area (TPSA) is 52.6 Å². The third-order valence-electron chi connectivity index (χ3n) is 3.27. The lowest BCUT2D eigenvalue weighted by atomic mass is 10.2. The van der Waals surface area contributed by atoms with Crippen molar-refractivity contribution in [2.24, 2.45) is 17.8 Å². The van der Waals surface area contributed by atoms with Crippen LogP contribution >= 0.6 is 0 Å². The molecule has 0 aromatic heterocycles. The molecule has 0 aromatic rings. The maximum absolute atomic E-state index is 10.6. The van der Waals surface area contributed by atoms with Crippen LogP contribution in [-0.2, 0) is 0 Å². The average Bonchev–Trinajstić information content (AvgIpc) is 2.58. The monoisotopic (exact) mass is 184 g/mol. The number of piperidine rings is 1. The van der Waals surface area contributed by atoms with Gasteiger partial charge < -0.3 is 15.3 Å². The standard InChI is InChI=1S/C9H16N2O2/c1-2-10-3-6-7-4-11(9(12)13)5-8(6)7/h6-8,10H,2-5H2,1H3,(H,12,13)/t6-,7-,8?/m0/s1. The predicted molar refractivity (Wildman–Crippen MR) is 48.6 cm³/mol. The Morgan fingerprint density at radius 3 is 2.62 bits per heavy atom. The molecule has 0 radical (unpaired) electrons. The molecule has 2 fully saturated rings. The number of likely N-dealkylation sites (tertiary alicyclic amines) is 1. The van der Waals surface area contributed by atoms with Gasteiger partial charge in [-0.1, -0.05) is 6.92 Å². The number of nitrogens with zero attached hydrogens (tertiary/aromatic N) is 1. The summed E-state index contributed by atoms with van der Waals surface area (Å²) in [6, 6.07) is 0. The molecule has 4 nitrogen and oxygen atoms in total. The summed E-state index contributed by atoms with van der Waals surface area (Å²) in [7, 11) is 0. The van der Waals surface area contributed by atoms with Gasteiger partial charge in [-0.2, -0.15) is 0 Å². The Hall–Kier alpha value is -0.770. The zero-order valence-corrected chi connectivity index (χ0v) is 7.86. The smallest absolute Gasteiger partial charge is 0.407 e. The summed E-state index contributed by atoms with van der Waals surface area (Å²) in [5.41, 5.74) is 0. The lowest BCUT2D eigenvalue weighted by Gasteiger charge is -2.15. The molecule has 0 spiro atoms. The van der Waals surface area contributed by atoms with Crippen molar-refractivity contribution >= 4 is 6.09 Å². The Labute approximate surface area is 77.9 Å². The van der Waals surface area contributed by atoms with Crippen molar-refractivity contribution in [3.63, 3.8) is 0 Å². The van der Waals surface area contributed by atoms with Crippen molar-refractivity contribution in [2.45, 2.75) is 6.92 Å². The van der Waals surface area contributed by atoms with Crippen LogP contribution in [-0.4, -0.2) is 42.3 Å². The van der Waals surface area contributed by atoms with Crippen molar-refractivity contribution in [1.29, 1.82) is 0 Å². The summed E-state index contributed by atoms with van der Waals surface area (Å²) in [5, 5.41) is 12.0. The molecule has 1 heterocycles. The van der Waals surface area contributed by atoms with Crippen LogP contribution in [0.1, 0.15) is 6.92 Å². The molecule has 2 N–H and O–H groups in total. The van der Waals surface area contributed by atoms with E-state index in [1.165, 1.54) is 4.90 Å². The van der Waals surface area contributed by atoms with Crippen molar-refractivity contribution < 1.29 is 9.90 Å². The van der Waals surface area contributed by atoms with Crippen LogP contribution in [0.15, 0.2) is 0 Å². The van der Waals surface area contributed by atoms with Gasteiger partial charge in [-0.05, 0) is 30.8 Å². The van der Waals surface area contributed by atoms with E-state index in [0.29, 0.717) is 11.8 Å². The van der Waals surface area contributed by atoms with Crippen LogP contribution in [0.5, 0.6) is 0 Å². The summed E-state index contributed by atoms with van der Waals surface area (Å²) in [6.07, 6.45) is -0.755. The first-order valence-corrected chi connectivity index (χ1v) is 4.92. The van der Waals surface area contributed by atoms with E-state index in [9.17, 15) is 4.79 Å². The summed E-state index contributed by atoms with van der Waals surface area (Å²) in [6.45, 7) is 5.70. The van der Waals surface area contributed by atoms with E-state index in [1.807, 2.05) is 0 Å². The van der Waals surface area contributed by atoms with Gasteiger partial charge in [0.05, 0.1) is 0 Å². The van der Waals surface area contributed by atoms with Crippen LogP contribution < -0.4 is 5.32 Å². The quantitative estimate of drug-likeness (QED) is 0.669. The highest BCUT2D eigenvalue weighted by Gasteiger charge is 2.56. The summed E-state index contributed by atoms with van der Waals surface area (Å²) in [5.74, 6) is 2.04. The highest BCUT2D eigenvalue weighted by atomic mass is 16.4. The van der Waals surface area contributed by atoms with Crippen molar-refractivity contribution in [1.82, 2.24) is 10.2 Å². The molecule has 1 aliphatic heterocycles. The van der Waals surface area contributed by atoms with E-state index < -0.39 is 6.09 Å². The second-order valence-electron chi connectivity index (χ2n) is 3.99. The third-order valence-corrected chi connectivity index (χ3v) is 3.27. The number of amides is 1. The lowest BCUT2D eigenvalue weighted by molar-refractivity contribution is 0.148. The maximum Gasteiger partial charge on any atom is 0.407 e. The first-order valence-electron chi connectivity index (χ1n) is 4.92. The molecule has 1 unspecified atom stereocenters. The summed E-state index contributed by atoms with van der Waals surface area (Å²) in [4.78, 5) is 12.1. The van der Waals surface area contributed by atoms with Gasteiger partial charge in [0.25, 0.3) is 0 Å². The molecular formula is C9H16N2O2. The fourth-order valence-electron chi connectivity index (χ4n) is 2.42. The van der Waals surface area contributed by atoms with E-state index in [4.69, 9.17) is 5.11 Å². The minimum atomic E-state index is -0.755. The number of carboxylic acid groups (broad SMARTS) is 1. The largest absolute Gasteiger partial charge is 0.465 e. The van der Waals surface area contributed by atoms with Gasteiger partial charge >= 0.3 is 6.09 Å². The van der Waals surface area contributed by atoms with Crippen molar-refractivity contribution in [2.75, 3.05) is 26.2 Å². The summed E-state index contributed by atoms with van der Waals surface area (Å²) < 4.78 is 0. The SMILES string of the molecule is CCNC[C@@H]1C2CN(C(=O)O)C[C@H]21. The second-order valence-corrected chi connectivity index (χ2v) is 3.99. The van der Waals surface area contributed by atoms with Gasteiger partial charge in [0.2, 0.25) is 0 Å². The Morgan fingerprint density at radius 1 is 1.54 bits per heavy atom.